The van der Waals surface area contributed by atoms with Crippen LogP contribution in [0.2, 0.25) is 0 Å². The molecule has 3 heterocycles. The Kier molecular flexibility index (Phi) is 4.10. The van der Waals surface area contributed by atoms with E-state index >= 15 is 0 Å². The van der Waals surface area contributed by atoms with Gasteiger partial charge in [-0.1, -0.05) is 29.5 Å². The van der Waals surface area contributed by atoms with Crippen LogP contribution < -0.4 is 14.2 Å². The number of benzene rings is 2. The van der Waals surface area contributed by atoms with Crippen molar-refractivity contribution < 1.29 is 14.2 Å². The first kappa shape index (κ1) is 16.1. The molecule has 0 spiro atoms. The maximum Gasteiger partial charge on any atom is 0.235 e. The van der Waals surface area contributed by atoms with Crippen molar-refractivity contribution in [3.8, 4) is 27.8 Å². The Hall–Kier alpha value is -3.13. The molecule has 0 unspecified atom stereocenters. The van der Waals surface area contributed by atoms with Gasteiger partial charge in [-0.2, -0.15) is 9.61 Å². The Morgan fingerprint density at radius 1 is 1.00 bits per heavy atom. The summed E-state index contributed by atoms with van der Waals surface area (Å²) in [6.07, 6.45) is 0.880. The Labute approximate surface area is 159 Å². The lowest BCUT2D eigenvalue weighted by Gasteiger charge is -2.07. The van der Waals surface area contributed by atoms with Crippen molar-refractivity contribution in [2.45, 2.75) is 13.0 Å². The van der Waals surface area contributed by atoms with Gasteiger partial charge in [0.1, 0.15) is 17.4 Å². The maximum atomic E-state index is 5.77. The lowest BCUT2D eigenvalue weighted by atomic mass is 10.2. The summed E-state index contributed by atoms with van der Waals surface area (Å²) in [5.74, 6) is 2.97. The van der Waals surface area contributed by atoms with Crippen LogP contribution in [0.4, 0.5) is 0 Å². The summed E-state index contributed by atoms with van der Waals surface area (Å²) < 4.78 is 19.0. The van der Waals surface area contributed by atoms with E-state index in [0.717, 1.165) is 39.2 Å². The molecule has 2 aromatic heterocycles. The zero-order valence-electron chi connectivity index (χ0n) is 14.4. The largest absolute Gasteiger partial charge is 0.490 e. The molecule has 0 saturated heterocycles. The first-order chi connectivity index (χ1) is 13.4. The quantitative estimate of drug-likeness (QED) is 0.539. The Morgan fingerprint density at radius 2 is 1.85 bits per heavy atom. The average molecular weight is 380 g/mol. The number of hydrogen-bond acceptors (Lipinski definition) is 7. The van der Waals surface area contributed by atoms with Gasteiger partial charge in [0.2, 0.25) is 4.96 Å². The molecule has 2 aromatic carbocycles. The molecule has 7 nitrogen and oxygen atoms in total. The highest BCUT2D eigenvalue weighted by molar-refractivity contribution is 7.19. The molecular formula is C19H16N4O3S. The fourth-order valence-electron chi connectivity index (χ4n) is 2.83. The second kappa shape index (κ2) is 6.88. The van der Waals surface area contributed by atoms with Crippen molar-refractivity contribution in [1.29, 1.82) is 0 Å². The summed E-state index contributed by atoms with van der Waals surface area (Å²) in [7, 11) is 0. The van der Waals surface area contributed by atoms with Gasteiger partial charge in [-0.15, -0.1) is 10.2 Å². The van der Waals surface area contributed by atoms with Crippen LogP contribution in [0.25, 0.3) is 15.5 Å². The minimum absolute atomic E-state index is 0.301. The first-order valence-corrected chi connectivity index (χ1v) is 9.47. The Balaban J connectivity index is 1.42. The molecule has 136 valence electrons. The fourth-order valence-corrected chi connectivity index (χ4v) is 3.68. The van der Waals surface area contributed by atoms with E-state index < -0.39 is 0 Å². The average Bonchev–Trinajstić information content (AvgIpc) is 3.20. The third-order valence-corrected chi connectivity index (χ3v) is 5.11. The molecule has 0 radical (unpaired) electrons. The molecule has 0 saturated carbocycles. The lowest BCUT2D eigenvalue weighted by Crippen LogP contribution is -2.02. The predicted octanol–water partition coefficient (Wildman–Crippen LogP) is 3.59. The van der Waals surface area contributed by atoms with Crippen LogP contribution in [0.3, 0.4) is 0 Å². The van der Waals surface area contributed by atoms with Crippen LogP contribution in [0, 0.1) is 0 Å². The minimum Gasteiger partial charge on any atom is -0.490 e. The highest BCUT2D eigenvalue weighted by atomic mass is 32.1. The Morgan fingerprint density at radius 3 is 2.74 bits per heavy atom. The number of fused-ring (bicyclic) bond motifs is 2. The van der Waals surface area contributed by atoms with Gasteiger partial charge in [0.15, 0.2) is 17.3 Å². The monoisotopic (exact) mass is 380 g/mol. The van der Waals surface area contributed by atoms with Crippen LogP contribution in [0.15, 0.2) is 48.5 Å². The highest BCUT2D eigenvalue weighted by Crippen LogP contribution is 2.35. The van der Waals surface area contributed by atoms with E-state index in [0.29, 0.717) is 25.6 Å². The molecule has 0 amide bonds. The van der Waals surface area contributed by atoms with Crippen LogP contribution in [0.5, 0.6) is 17.2 Å². The second-order valence-electron chi connectivity index (χ2n) is 6.03. The third-order valence-electron chi connectivity index (χ3n) is 4.16. The van der Waals surface area contributed by atoms with E-state index in [2.05, 4.69) is 15.3 Å². The van der Waals surface area contributed by atoms with Gasteiger partial charge in [-0.25, -0.2) is 0 Å². The van der Waals surface area contributed by atoms with E-state index in [1.165, 1.54) is 11.3 Å². The van der Waals surface area contributed by atoms with E-state index in [4.69, 9.17) is 14.2 Å². The molecule has 0 N–H and O–H groups in total. The third kappa shape index (κ3) is 3.19. The predicted molar refractivity (Wildman–Crippen MR) is 100 cm³/mol. The molecule has 0 bridgehead atoms. The molecule has 5 rings (SSSR count). The zero-order chi connectivity index (χ0) is 18.1. The maximum absolute atomic E-state index is 5.77. The van der Waals surface area contributed by atoms with Crippen LogP contribution in [0.1, 0.15) is 12.2 Å². The number of para-hydroxylation sites is 1. The van der Waals surface area contributed by atoms with Crippen molar-refractivity contribution in [2.75, 3.05) is 13.2 Å². The summed E-state index contributed by atoms with van der Waals surface area (Å²) in [5, 5.41) is 13.9. The smallest absolute Gasteiger partial charge is 0.235 e. The molecule has 0 fully saturated rings. The van der Waals surface area contributed by atoms with Crippen molar-refractivity contribution in [3.63, 3.8) is 0 Å². The van der Waals surface area contributed by atoms with Crippen LogP contribution in [-0.4, -0.2) is 33.0 Å². The number of nitrogens with zero attached hydrogens (tertiary/aromatic N) is 4. The number of aromatic nitrogens is 4. The van der Waals surface area contributed by atoms with Gasteiger partial charge in [0, 0.05) is 12.0 Å². The topological polar surface area (TPSA) is 70.8 Å². The van der Waals surface area contributed by atoms with E-state index in [9.17, 15) is 0 Å². The second-order valence-corrected chi connectivity index (χ2v) is 6.99. The van der Waals surface area contributed by atoms with Crippen molar-refractivity contribution in [1.82, 2.24) is 19.8 Å². The lowest BCUT2D eigenvalue weighted by molar-refractivity contribution is 0.293. The highest BCUT2D eigenvalue weighted by Gasteiger charge is 2.16. The van der Waals surface area contributed by atoms with Gasteiger partial charge < -0.3 is 14.2 Å². The minimum atomic E-state index is 0.301. The summed E-state index contributed by atoms with van der Waals surface area (Å²) in [4.78, 5) is 0.726. The standard InChI is InChI=1S/C19H16N4O3S/c1-2-5-14(6-3-1)26-12-17-20-21-19-23(17)22-18(27-19)13-7-8-15-16(11-13)25-10-4-9-24-15/h1-3,5-8,11H,4,9-10,12H2. The van der Waals surface area contributed by atoms with Gasteiger partial charge in [-0.05, 0) is 30.3 Å². The first-order valence-electron chi connectivity index (χ1n) is 8.66. The molecule has 1 aliphatic heterocycles. The molecule has 0 atom stereocenters. The van der Waals surface area contributed by atoms with Gasteiger partial charge >= 0.3 is 0 Å². The van der Waals surface area contributed by atoms with Gasteiger partial charge in [-0.3, -0.25) is 0 Å². The summed E-state index contributed by atoms with van der Waals surface area (Å²) >= 11 is 1.48. The van der Waals surface area contributed by atoms with E-state index in [1.54, 1.807) is 4.52 Å². The summed E-state index contributed by atoms with van der Waals surface area (Å²) in [6.45, 7) is 1.63. The van der Waals surface area contributed by atoms with Crippen molar-refractivity contribution in [3.05, 3.63) is 54.4 Å². The van der Waals surface area contributed by atoms with Crippen molar-refractivity contribution >= 4 is 16.3 Å². The summed E-state index contributed by atoms with van der Waals surface area (Å²) in [6, 6.07) is 15.5. The molecule has 1 aliphatic rings. The van der Waals surface area contributed by atoms with Gasteiger partial charge in [0.25, 0.3) is 0 Å². The normalized spacial score (nSPS) is 13.5. The summed E-state index contributed by atoms with van der Waals surface area (Å²) in [5.41, 5.74) is 0.963. The zero-order valence-corrected chi connectivity index (χ0v) is 15.2. The SMILES string of the molecule is c1ccc(OCc2nnc3sc(-c4ccc5c(c4)OCCCO5)nn23)cc1. The van der Waals surface area contributed by atoms with E-state index in [1.807, 2.05) is 48.5 Å². The Bertz CT molecular complexity index is 1080. The molecular weight excluding hydrogens is 364 g/mol. The van der Waals surface area contributed by atoms with Crippen LogP contribution >= 0.6 is 11.3 Å². The van der Waals surface area contributed by atoms with Crippen LogP contribution in [-0.2, 0) is 6.61 Å². The van der Waals surface area contributed by atoms with Gasteiger partial charge in [0.05, 0.1) is 13.2 Å². The fraction of sp³-hybridized carbons (Fsp3) is 0.211. The molecule has 4 aromatic rings. The molecule has 0 aliphatic carbocycles. The van der Waals surface area contributed by atoms with E-state index in [-0.39, 0.29) is 0 Å². The number of ether oxygens (including phenoxy) is 3. The molecule has 27 heavy (non-hydrogen) atoms. The van der Waals surface area contributed by atoms with Crippen molar-refractivity contribution in [2.24, 2.45) is 0 Å². The molecule has 8 heteroatoms. The number of hydrogen-bond donors (Lipinski definition) is 0. The number of rotatable bonds is 4.